The molecule has 5 heteroatoms. The molecule has 88 valence electrons. The highest BCUT2D eigenvalue weighted by molar-refractivity contribution is 5.32. The van der Waals surface area contributed by atoms with E-state index >= 15 is 0 Å². The van der Waals surface area contributed by atoms with Crippen LogP contribution < -0.4 is 17.0 Å². The van der Waals surface area contributed by atoms with Gasteiger partial charge in [0.15, 0.2) is 0 Å². The van der Waals surface area contributed by atoms with Crippen molar-refractivity contribution in [1.82, 2.24) is 10.4 Å². The first-order valence-corrected chi connectivity index (χ1v) is 5.57. The number of anilines is 1. The lowest BCUT2D eigenvalue weighted by molar-refractivity contribution is 0.0784. The Labute approximate surface area is 95.1 Å². The average molecular weight is 222 g/mol. The lowest BCUT2D eigenvalue weighted by atomic mass is 10.0. The van der Waals surface area contributed by atoms with Gasteiger partial charge in [-0.1, -0.05) is 0 Å². The number of hydrazine groups is 1. The zero-order chi connectivity index (χ0) is 11.4. The molecule has 1 aromatic rings. The zero-order valence-electron chi connectivity index (χ0n) is 9.23. The van der Waals surface area contributed by atoms with Crippen molar-refractivity contribution in [3.8, 4) is 0 Å². The van der Waals surface area contributed by atoms with E-state index in [0.717, 1.165) is 31.4 Å². The van der Waals surface area contributed by atoms with E-state index < -0.39 is 0 Å². The van der Waals surface area contributed by atoms with Gasteiger partial charge in [0.1, 0.15) is 5.82 Å². The number of nitrogens with two attached hydrogens (primary N) is 2. The molecule has 2 rings (SSSR count). The predicted octanol–water partition coefficient (Wildman–Crippen LogP) is 0.217. The van der Waals surface area contributed by atoms with Crippen LogP contribution in [0.3, 0.4) is 0 Å². The van der Waals surface area contributed by atoms with Crippen molar-refractivity contribution in [1.29, 1.82) is 0 Å². The van der Waals surface area contributed by atoms with Gasteiger partial charge in [-0.15, -0.1) is 0 Å². The van der Waals surface area contributed by atoms with Gasteiger partial charge >= 0.3 is 0 Å². The average Bonchev–Trinajstić information content (AvgIpc) is 2.79. The third-order valence-corrected chi connectivity index (χ3v) is 2.93. The molecule has 1 saturated heterocycles. The number of nitrogens with one attached hydrogen (secondary N) is 1. The minimum atomic E-state index is 0.143. The number of aromatic nitrogens is 1. The maximum absolute atomic E-state index is 5.64. The van der Waals surface area contributed by atoms with Crippen molar-refractivity contribution in [2.24, 2.45) is 5.84 Å². The molecule has 1 aliphatic rings. The van der Waals surface area contributed by atoms with Gasteiger partial charge in [0.25, 0.3) is 0 Å². The predicted molar refractivity (Wildman–Crippen MR) is 62.4 cm³/mol. The molecule has 0 aromatic carbocycles. The number of ether oxygens (including phenoxy) is 1. The first kappa shape index (κ1) is 11.3. The summed E-state index contributed by atoms with van der Waals surface area (Å²) in [4.78, 5) is 3.97. The van der Waals surface area contributed by atoms with Crippen LogP contribution >= 0.6 is 0 Å². The Balaban J connectivity index is 2.00. The van der Waals surface area contributed by atoms with Gasteiger partial charge in [-0.05, 0) is 37.0 Å². The lowest BCUT2D eigenvalue weighted by Crippen LogP contribution is -2.45. The van der Waals surface area contributed by atoms with Crippen LogP contribution in [0.25, 0.3) is 0 Å². The van der Waals surface area contributed by atoms with Crippen LogP contribution in [0.4, 0.5) is 5.82 Å². The summed E-state index contributed by atoms with van der Waals surface area (Å²) in [6.07, 6.45) is 4.91. The first-order chi connectivity index (χ1) is 7.79. The highest BCUT2D eigenvalue weighted by Gasteiger charge is 2.25. The monoisotopic (exact) mass is 222 g/mol. The molecule has 2 heterocycles. The Morgan fingerprint density at radius 3 is 3.12 bits per heavy atom. The number of nitrogen functional groups attached to an aromatic ring is 1. The summed E-state index contributed by atoms with van der Waals surface area (Å²) in [6, 6.07) is 3.97. The van der Waals surface area contributed by atoms with Crippen molar-refractivity contribution in [2.45, 2.75) is 31.4 Å². The molecule has 1 aliphatic heterocycles. The second-order valence-electron chi connectivity index (χ2n) is 4.12. The number of pyridine rings is 1. The van der Waals surface area contributed by atoms with Crippen LogP contribution in [0.2, 0.25) is 0 Å². The summed E-state index contributed by atoms with van der Waals surface area (Å²) in [6.45, 7) is 0.835. The van der Waals surface area contributed by atoms with Crippen LogP contribution in [0, 0.1) is 0 Å². The molecule has 2 atom stereocenters. The smallest absolute Gasteiger partial charge is 0.123 e. The molecule has 0 aliphatic carbocycles. The third kappa shape index (κ3) is 2.69. The quantitative estimate of drug-likeness (QED) is 0.501. The highest BCUT2D eigenvalue weighted by Crippen LogP contribution is 2.18. The fraction of sp³-hybridized carbons (Fsp3) is 0.545. The summed E-state index contributed by atoms with van der Waals surface area (Å²) < 4.78 is 5.62. The standard InChI is InChI=1S/C11H18N4O/c12-11-7-8(3-4-14-11)6-9(15-13)10-2-1-5-16-10/h3-4,7,9-10,15H,1-2,5-6,13H2,(H2,12,14). The van der Waals surface area contributed by atoms with E-state index in [1.54, 1.807) is 6.20 Å². The maximum atomic E-state index is 5.64. The fourth-order valence-corrected chi connectivity index (χ4v) is 2.09. The van der Waals surface area contributed by atoms with E-state index in [2.05, 4.69) is 10.4 Å². The Bertz CT molecular complexity index is 339. The third-order valence-electron chi connectivity index (χ3n) is 2.93. The Morgan fingerprint density at radius 2 is 2.50 bits per heavy atom. The molecular formula is C11H18N4O. The van der Waals surface area contributed by atoms with Gasteiger partial charge in [-0.25, -0.2) is 4.98 Å². The summed E-state index contributed by atoms with van der Waals surface area (Å²) in [5.41, 5.74) is 9.59. The van der Waals surface area contributed by atoms with E-state index in [1.165, 1.54) is 0 Å². The lowest BCUT2D eigenvalue weighted by Gasteiger charge is -2.22. The zero-order valence-corrected chi connectivity index (χ0v) is 9.23. The molecule has 0 saturated carbocycles. The van der Waals surface area contributed by atoms with E-state index in [9.17, 15) is 0 Å². The summed E-state index contributed by atoms with van der Waals surface area (Å²) >= 11 is 0. The number of hydrogen-bond donors (Lipinski definition) is 3. The molecule has 0 radical (unpaired) electrons. The van der Waals surface area contributed by atoms with Crippen LogP contribution in [0.1, 0.15) is 18.4 Å². The van der Waals surface area contributed by atoms with Crippen molar-refractivity contribution in [2.75, 3.05) is 12.3 Å². The molecule has 1 fully saturated rings. The van der Waals surface area contributed by atoms with Crippen LogP contribution in [-0.2, 0) is 11.2 Å². The molecule has 0 spiro atoms. The van der Waals surface area contributed by atoms with Crippen LogP contribution in [0.5, 0.6) is 0 Å². The van der Waals surface area contributed by atoms with Crippen LogP contribution in [0.15, 0.2) is 18.3 Å². The molecule has 5 N–H and O–H groups in total. The molecule has 0 bridgehead atoms. The summed E-state index contributed by atoms with van der Waals surface area (Å²) in [7, 11) is 0. The van der Waals surface area contributed by atoms with Gasteiger partial charge < -0.3 is 10.5 Å². The van der Waals surface area contributed by atoms with Crippen LogP contribution in [-0.4, -0.2) is 23.7 Å². The fourth-order valence-electron chi connectivity index (χ4n) is 2.09. The second kappa shape index (κ2) is 5.25. The van der Waals surface area contributed by atoms with Crippen molar-refractivity contribution in [3.63, 3.8) is 0 Å². The maximum Gasteiger partial charge on any atom is 0.123 e. The van der Waals surface area contributed by atoms with Gasteiger partial charge in [-0.3, -0.25) is 11.3 Å². The van der Waals surface area contributed by atoms with E-state index in [4.69, 9.17) is 16.3 Å². The van der Waals surface area contributed by atoms with E-state index in [1.807, 2.05) is 12.1 Å². The first-order valence-electron chi connectivity index (χ1n) is 5.57. The SMILES string of the molecule is NNC(Cc1ccnc(N)c1)C1CCCO1. The minimum Gasteiger partial charge on any atom is -0.384 e. The topological polar surface area (TPSA) is 86.2 Å². The van der Waals surface area contributed by atoms with E-state index in [-0.39, 0.29) is 12.1 Å². The van der Waals surface area contributed by atoms with Crippen molar-refractivity contribution in [3.05, 3.63) is 23.9 Å². The largest absolute Gasteiger partial charge is 0.384 e. The number of hydrogen-bond acceptors (Lipinski definition) is 5. The number of nitrogens with zero attached hydrogens (tertiary/aromatic N) is 1. The number of rotatable bonds is 4. The van der Waals surface area contributed by atoms with Crippen molar-refractivity contribution < 1.29 is 4.74 Å². The second-order valence-corrected chi connectivity index (χ2v) is 4.12. The van der Waals surface area contributed by atoms with Gasteiger partial charge in [0.05, 0.1) is 12.1 Å². The molecular weight excluding hydrogens is 204 g/mol. The Hall–Kier alpha value is -1.17. The molecule has 16 heavy (non-hydrogen) atoms. The Kier molecular flexibility index (Phi) is 3.71. The normalized spacial score (nSPS) is 22.2. The molecule has 5 nitrogen and oxygen atoms in total. The van der Waals surface area contributed by atoms with E-state index in [0.29, 0.717) is 5.82 Å². The Morgan fingerprint density at radius 1 is 1.62 bits per heavy atom. The summed E-state index contributed by atoms with van der Waals surface area (Å²) in [5.74, 6) is 6.10. The summed E-state index contributed by atoms with van der Waals surface area (Å²) in [5, 5.41) is 0. The van der Waals surface area contributed by atoms with Gasteiger partial charge in [0.2, 0.25) is 0 Å². The molecule has 1 aromatic heterocycles. The van der Waals surface area contributed by atoms with Gasteiger partial charge in [0, 0.05) is 12.8 Å². The minimum absolute atomic E-state index is 0.143. The molecule has 0 amide bonds. The van der Waals surface area contributed by atoms with Gasteiger partial charge in [-0.2, -0.15) is 0 Å². The van der Waals surface area contributed by atoms with Crippen molar-refractivity contribution >= 4 is 5.82 Å². The highest BCUT2D eigenvalue weighted by atomic mass is 16.5. The molecule has 2 unspecified atom stereocenters.